The topological polar surface area (TPSA) is 51.9 Å². The number of pyridine rings is 3. The Morgan fingerprint density at radius 1 is 0.266 bits per heavy atom. The maximum atomic E-state index is 6.25. The first-order valence-corrected chi connectivity index (χ1v) is 21.8. The molecule has 0 saturated carbocycles. The molecule has 6 heterocycles. The first-order chi connectivity index (χ1) is 31.7. The van der Waals surface area contributed by atoms with Gasteiger partial charge in [0.25, 0.3) is 0 Å². The summed E-state index contributed by atoms with van der Waals surface area (Å²) in [5.41, 5.74) is 15.1. The number of imidazole rings is 3. The third-order valence-electron chi connectivity index (χ3n) is 13.1. The molecule has 0 atom stereocenters. The van der Waals surface area contributed by atoms with E-state index in [1.165, 1.54) is 54.2 Å². The van der Waals surface area contributed by atoms with Gasteiger partial charge in [0, 0.05) is 37.3 Å². The van der Waals surface area contributed by atoms with Crippen LogP contribution in [0, 0.1) is 0 Å². The Kier molecular flexibility index (Phi) is 7.36. The van der Waals surface area contributed by atoms with Gasteiger partial charge < -0.3 is 0 Å². The van der Waals surface area contributed by atoms with E-state index < -0.39 is 0 Å². The average Bonchev–Trinajstić information content (AvgIpc) is 4.07. The van der Waals surface area contributed by atoms with Crippen LogP contribution in [0.3, 0.4) is 0 Å². The summed E-state index contributed by atoms with van der Waals surface area (Å²) in [6, 6.07) is 70.4. The molecule has 0 amide bonds. The Morgan fingerprint density at radius 3 is 0.969 bits per heavy atom. The Morgan fingerprint density at radius 2 is 0.578 bits per heavy atom. The van der Waals surface area contributed by atoms with Crippen molar-refractivity contribution in [2.45, 2.75) is 0 Å². The highest BCUT2D eigenvalue weighted by molar-refractivity contribution is 6.31. The highest BCUT2D eigenvalue weighted by Crippen LogP contribution is 2.38. The molecule has 6 nitrogen and oxygen atoms in total. The van der Waals surface area contributed by atoms with Crippen LogP contribution in [-0.4, -0.2) is 28.2 Å². The molecule has 0 N–H and O–H groups in total. The van der Waals surface area contributed by atoms with E-state index in [4.69, 9.17) is 26.6 Å². The molecule has 0 aliphatic rings. The summed E-state index contributed by atoms with van der Waals surface area (Å²) >= 11 is 6.25. The summed E-state index contributed by atoms with van der Waals surface area (Å²) in [7, 11) is 0. The van der Waals surface area contributed by atoms with Crippen molar-refractivity contribution in [1.29, 1.82) is 0 Å². The smallest absolute Gasteiger partial charge is 0.146 e. The third kappa shape index (κ3) is 5.00. The van der Waals surface area contributed by atoms with Gasteiger partial charge in [-0.1, -0.05) is 151 Å². The van der Waals surface area contributed by atoms with Crippen LogP contribution in [0.1, 0.15) is 0 Å². The van der Waals surface area contributed by atoms with E-state index in [-0.39, 0.29) is 0 Å². The Labute approximate surface area is 369 Å². The molecule has 0 aliphatic heterocycles. The van der Waals surface area contributed by atoms with E-state index in [2.05, 4.69) is 183 Å². The van der Waals surface area contributed by atoms with Crippen LogP contribution < -0.4 is 0 Å². The third-order valence-corrected chi connectivity index (χ3v) is 13.3. The molecule has 7 heteroatoms. The molecule has 0 fully saturated rings. The van der Waals surface area contributed by atoms with Crippen LogP contribution in [0.25, 0.3) is 126 Å². The quantitative estimate of drug-likeness (QED) is 0.155. The summed E-state index contributed by atoms with van der Waals surface area (Å²) in [6.45, 7) is 0. The van der Waals surface area contributed by atoms with E-state index in [9.17, 15) is 0 Å². The van der Waals surface area contributed by atoms with Gasteiger partial charge in [0.2, 0.25) is 0 Å². The van der Waals surface area contributed by atoms with Crippen LogP contribution in [0.2, 0.25) is 5.02 Å². The lowest BCUT2D eigenvalue weighted by atomic mass is 9.98. The fraction of sp³-hybridized carbons (Fsp3) is 0. The molecule has 0 spiro atoms. The zero-order valence-corrected chi connectivity index (χ0v) is 34.9. The summed E-state index contributed by atoms with van der Waals surface area (Å²) in [4.78, 5) is 15.0. The zero-order valence-electron chi connectivity index (χ0n) is 34.1. The van der Waals surface area contributed by atoms with Crippen molar-refractivity contribution in [3.63, 3.8) is 0 Å². The van der Waals surface area contributed by atoms with Crippen LogP contribution in [0.4, 0.5) is 0 Å². The number of hydrogen-bond donors (Lipinski definition) is 0. The van der Waals surface area contributed by atoms with Gasteiger partial charge in [0.1, 0.15) is 16.9 Å². The lowest BCUT2D eigenvalue weighted by Gasteiger charge is -2.13. The average molecular weight is 837 g/mol. The van der Waals surface area contributed by atoms with Crippen molar-refractivity contribution in [2.75, 3.05) is 0 Å². The molecular formula is C57H33ClN6. The number of nitrogens with zero attached hydrogens (tertiary/aromatic N) is 6. The predicted octanol–water partition coefficient (Wildman–Crippen LogP) is 15.0. The molecule has 64 heavy (non-hydrogen) atoms. The van der Waals surface area contributed by atoms with E-state index in [1.54, 1.807) is 0 Å². The number of fused-ring (bicyclic) bond motifs is 24. The highest BCUT2D eigenvalue weighted by atomic mass is 35.5. The number of benzene rings is 9. The van der Waals surface area contributed by atoms with E-state index >= 15 is 0 Å². The molecule has 0 bridgehead atoms. The monoisotopic (exact) mass is 836 g/mol. The molecule has 6 aromatic heterocycles. The van der Waals surface area contributed by atoms with Crippen molar-refractivity contribution >= 4 is 127 Å². The van der Waals surface area contributed by atoms with Gasteiger partial charge in [-0.2, -0.15) is 0 Å². The van der Waals surface area contributed by atoms with Gasteiger partial charge in [-0.25, -0.2) is 15.0 Å². The van der Waals surface area contributed by atoms with Crippen molar-refractivity contribution in [3.8, 4) is 11.1 Å². The summed E-state index contributed by atoms with van der Waals surface area (Å²) in [6.07, 6.45) is 0. The lowest BCUT2D eigenvalue weighted by molar-refractivity contribution is 1.31. The molecule has 298 valence electrons. The molecule has 0 saturated heterocycles. The van der Waals surface area contributed by atoms with Gasteiger partial charge in [0.15, 0.2) is 0 Å². The molecule has 0 radical (unpaired) electrons. The Hall–Kier alpha value is -8.32. The van der Waals surface area contributed by atoms with Crippen LogP contribution in [0.5, 0.6) is 0 Å². The lowest BCUT2D eigenvalue weighted by Crippen LogP contribution is -1.94. The highest BCUT2D eigenvalue weighted by Gasteiger charge is 2.18. The summed E-state index contributed by atoms with van der Waals surface area (Å²) in [5, 5.41) is 11.5. The Balaban J connectivity index is 0.000000151. The minimum atomic E-state index is 0.738. The second-order valence-corrected chi connectivity index (χ2v) is 17.0. The van der Waals surface area contributed by atoms with Gasteiger partial charge >= 0.3 is 0 Å². The van der Waals surface area contributed by atoms with Crippen LogP contribution >= 0.6 is 11.6 Å². The van der Waals surface area contributed by atoms with Crippen molar-refractivity contribution in [2.24, 2.45) is 0 Å². The summed E-state index contributed by atoms with van der Waals surface area (Å²) < 4.78 is 6.86. The van der Waals surface area contributed by atoms with Gasteiger partial charge in [0.05, 0.1) is 49.7 Å². The number of hydrogen-bond acceptors (Lipinski definition) is 3. The minimum Gasteiger partial charge on any atom is -0.292 e. The Bertz CT molecular complexity index is 4270. The van der Waals surface area contributed by atoms with E-state index in [0.717, 1.165) is 77.0 Å². The maximum absolute atomic E-state index is 6.25. The number of aromatic nitrogens is 6. The first kappa shape index (κ1) is 35.3. The predicted molar refractivity (Wildman–Crippen MR) is 267 cm³/mol. The van der Waals surface area contributed by atoms with Crippen LogP contribution in [0.15, 0.2) is 200 Å². The standard InChI is InChI=1S/C38H22N4.C19H11ClN2/c1-3-11-29-25(9-1)27-19-17-23(21-35(27)41-33-15-7-5-13-31(33)39-37(29)41)24-18-20-28-26-10-2-4-12-30(26)38-40-32-14-6-8-16-34(32)42(38)36(28)22-24;20-12-9-10-14-13-5-1-2-6-15(13)19-21-16-7-3-4-8-17(16)22(19)18(14)11-12/h1-22H;1-11H. The number of para-hydroxylation sites is 6. The van der Waals surface area contributed by atoms with E-state index in [1.807, 2.05) is 30.3 Å². The molecule has 15 rings (SSSR count). The molecule has 15 aromatic rings. The van der Waals surface area contributed by atoms with Crippen LogP contribution in [-0.2, 0) is 0 Å². The van der Waals surface area contributed by atoms with Crippen molar-refractivity contribution < 1.29 is 0 Å². The normalized spacial score (nSPS) is 12.1. The first-order valence-electron chi connectivity index (χ1n) is 21.5. The second kappa shape index (κ2) is 13.3. The SMILES string of the molecule is Clc1ccc2c3ccccc3c3nc4ccccc4n3c2c1.c1ccc2c(c1)nc1c3ccccc3c3ccc(-c4ccc5c6ccccc6c6nc7ccccc7n6c5c4)cc3n21. The molecule has 0 aliphatic carbocycles. The minimum absolute atomic E-state index is 0.738. The fourth-order valence-corrected chi connectivity index (χ4v) is 10.4. The van der Waals surface area contributed by atoms with Gasteiger partial charge in [-0.15, -0.1) is 0 Å². The molecule has 0 unspecified atom stereocenters. The number of rotatable bonds is 1. The van der Waals surface area contributed by atoms with Gasteiger partial charge in [-0.3, -0.25) is 13.2 Å². The van der Waals surface area contributed by atoms with Crippen molar-refractivity contribution in [1.82, 2.24) is 28.2 Å². The fourth-order valence-electron chi connectivity index (χ4n) is 10.3. The molecule has 9 aromatic carbocycles. The van der Waals surface area contributed by atoms with Gasteiger partial charge in [-0.05, 0) is 87.9 Å². The number of halogens is 1. The van der Waals surface area contributed by atoms with Crippen molar-refractivity contribution in [3.05, 3.63) is 205 Å². The largest absolute Gasteiger partial charge is 0.292 e. The second-order valence-electron chi connectivity index (χ2n) is 16.5. The van der Waals surface area contributed by atoms with E-state index in [0.29, 0.717) is 0 Å². The maximum Gasteiger partial charge on any atom is 0.146 e. The zero-order chi connectivity index (χ0) is 42.0. The summed E-state index contributed by atoms with van der Waals surface area (Å²) in [5.74, 6) is 0. The molecular weight excluding hydrogens is 804 g/mol.